The van der Waals surface area contributed by atoms with Crippen LogP contribution in [0.3, 0.4) is 0 Å². The van der Waals surface area contributed by atoms with Crippen molar-refractivity contribution in [3.63, 3.8) is 0 Å². The maximum absolute atomic E-state index is 13.1. The number of nitrogens with two attached hydrogens (primary N) is 1. The van der Waals surface area contributed by atoms with Gasteiger partial charge in [0, 0.05) is 18.0 Å². The highest BCUT2D eigenvalue weighted by molar-refractivity contribution is 5.95. The van der Waals surface area contributed by atoms with Gasteiger partial charge in [-0.25, -0.2) is 8.78 Å². The van der Waals surface area contributed by atoms with Crippen molar-refractivity contribution in [2.45, 2.75) is 12.8 Å². The van der Waals surface area contributed by atoms with E-state index in [1.165, 1.54) is 6.20 Å². The fourth-order valence-electron chi connectivity index (χ4n) is 1.85. The van der Waals surface area contributed by atoms with E-state index < -0.39 is 24.9 Å². The Bertz CT molecular complexity index is 667. The number of aryl methyl sites for hydroxylation is 1. The van der Waals surface area contributed by atoms with Gasteiger partial charge in [0.25, 0.3) is 11.8 Å². The van der Waals surface area contributed by atoms with Crippen molar-refractivity contribution in [1.29, 1.82) is 0 Å². The van der Waals surface area contributed by atoms with Gasteiger partial charge < -0.3 is 11.1 Å². The molecule has 0 bridgehead atoms. The van der Waals surface area contributed by atoms with Gasteiger partial charge in [0.2, 0.25) is 0 Å². The molecule has 3 N–H and O–H groups in total. The van der Waals surface area contributed by atoms with Crippen LogP contribution in [0.25, 0.3) is 11.1 Å². The number of pyridine rings is 1. The summed E-state index contributed by atoms with van der Waals surface area (Å²) in [6.45, 7) is 0.371. The van der Waals surface area contributed by atoms with Crippen molar-refractivity contribution in [3.05, 3.63) is 53.9 Å². The van der Waals surface area contributed by atoms with Gasteiger partial charge in [0.15, 0.2) is 0 Å². The summed E-state index contributed by atoms with van der Waals surface area (Å²) in [4.78, 5) is 15.9. The number of amides is 1. The van der Waals surface area contributed by atoms with Gasteiger partial charge in [-0.2, -0.15) is 0 Å². The third-order valence-corrected chi connectivity index (χ3v) is 3.19. The Kier molecular flexibility index (Phi) is 8.82. The summed E-state index contributed by atoms with van der Waals surface area (Å²) in [7, 11) is 0. The minimum absolute atomic E-state index is 0. The molecule has 24 heavy (non-hydrogen) atoms. The highest BCUT2D eigenvalue weighted by atomic mass is 35.5. The molecule has 0 saturated carbocycles. The molecule has 1 aromatic carbocycles. The van der Waals surface area contributed by atoms with Crippen LogP contribution in [0.2, 0.25) is 0 Å². The third-order valence-electron chi connectivity index (χ3n) is 3.19. The predicted octanol–water partition coefficient (Wildman–Crippen LogP) is 3.22. The normalized spacial score (nSPS) is 10.3. The molecule has 0 fully saturated rings. The Morgan fingerprint density at radius 3 is 2.38 bits per heavy atom. The van der Waals surface area contributed by atoms with Crippen LogP contribution in [0, 0.1) is 6.92 Å². The number of aromatic nitrogens is 1. The highest BCUT2D eigenvalue weighted by Gasteiger charge is 2.27. The molecule has 0 aliphatic carbocycles. The van der Waals surface area contributed by atoms with E-state index in [1.54, 1.807) is 12.3 Å². The molecule has 1 aromatic heterocycles. The van der Waals surface area contributed by atoms with Crippen molar-refractivity contribution >= 4 is 30.7 Å². The lowest BCUT2D eigenvalue weighted by atomic mass is 10.0. The Hall–Kier alpha value is -1.76. The molecule has 0 saturated heterocycles. The molecule has 132 valence electrons. The number of carbonyl (C=O) groups is 1. The molecule has 0 radical (unpaired) electrons. The van der Waals surface area contributed by atoms with Gasteiger partial charge in [-0.05, 0) is 18.6 Å². The number of nitrogens with one attached hydrogen (secondary N) is 1. The molecule has 1 amide bonds. The van der Waals surface area contributed by atoms with Crippen molar-refractivity contribution in [1.82, 2.24) is 10.3 Å². The topological polar surface area (TPSA) is 68.0 Å². The highest BCUT2D eigenvalue weighted by Crippen LogP contribution is 2.20. The molecule has 1 heterocycles. The zero-order chi connectivity index (χ0) is 16.2. The zero-order valence-corrected chi connectivity index (χ0v) is 14.6. The molecule has 8 heteroatoms. The summed E-state index contributed by atoms with van der Waals surface area (Å²) in [6.07, 6.45) is 2.96. The van der Waals surface area contributed by atoms with Crippen molar-refractivity contribution in [2.24, 2.45) is 5.73 Å². The van der Waals surface area contributed by atoms with E-state index in [0.717, 1.165) is 16.7 Å². The van der Waals surface area contributed by atoms with Crippen LogP contribution in [0.15, 0.2) is 42.7 Å². The van der Waals surface area contributed by atoms with Crippen LogP contribution >= 0.6 is 24.8 Å². The van der Waals surface area contributed by atoms with Crippen LogP contribution in [-0.4, -0.2) is 29.9 Å². The lowest BCUT2D eigenvalue weighted by molar-refractivity contribution is 0.0118. The van der Waals surface area contributed by atoms with Crippen LogP contribution in [-0.2, 0) is 0 Å². The van der Waals surface area contributed by atoms with Gasteiger partial charge in [-0.3, -0.25) is 9.78 Å². The molecule has 2 aromatic rings. The van der Waals surface area contributed by atoms with Crippen LogP contribution < -0.4 is 11.1 Å². The summed E-state index contributed by atoms with van der Waals surface area (Å²) >= 11 is 0. The number of halogens is 4. The standard InChI is InChI=1S/C16H17F2N3O.2ClH/c1-11-2-4-12(5-3-11)13-6-14(8-20-7-13)15(22)21-10-16(17,18)9-19;;/h2-8H,9-10,19H2,1H3,(H,21,22);2*1H. The summed E-state index contributed by atoms with van der Waals surface area (Å²) in [5.41, 5.74) is 7.93. The maximum atomic E-state index is 13.1. The molecule has 0 aliphatic heterocycles. The maximum Gasteiger partial charge on any atom is 0.277 e. The van der Waals surface area contributed by atoms with Gasteiger partial charge in [-0.15, -0.1) is 24.8 Å². The fraction of sp³-hybridized carbons (Fsp3) is 0.250. The molecular formula is C16H19Cl2F2N3O. The van der Waals surface area contributed by atoms with Crippen molar-refractivity contribution in [2.75, 3.05) is 13.1 Å². The number of hydrogen-bond donors (Lipinski definition) is 2. The van der Waals surface area contributed by atoms with E-state index in [-0.39, 0.29) is 30.4 Å². The van der Waals surface area contributed by atoms with Gasteiger partial charge in [0.05, 0.1) is 18.7 Å². The minimum atomic E-state index is -3.11. The summed E-state index contributed by atoms with van der Waals surface area (Å²) in [6, 6.07) is 9.34. The first-order valence-corrected chi connectivity index (χ1v) is 6.79. The molecule has 2 rings (SSSR count). The first-order valence-electron chi connectivity index (χ1n) is 6.79. The first-order chi connectivity index (χ1) is 10.4. The molecule has 0 aliphatic rings. The summed E-state index contributed by atoms with van der Waals surface area (Å²) < 4.78 is 26.1. The Morgan fingerprint density at radius 2 is 1.79 bits per heavy atom. The van der Waals surface area contributed by atoms with Gasteiger partial charge >= 0.3 is 0 Å². The van der Waals surface area contributed by atoms with Gasteiger partial charge in [-0.1, -0.05) is 29.8 Å². The SMILES string of the molecule is Cc1ccc(-c2cncc(C(=O)NCC(F)(F)CN)c2)cc1.Cl.Cl. The quantitative estimate of drug-likeness (QED) is 0.840. The third kappa shape index (κ3) is 6.03. The Balaban J connectivity index is 0.00000264. The van der Waals surface area contributed by atoms with E-state index in [9.17, 15) is 13.6 Å². The first kappa shape index (κ1) is 22.2. The number of alkyl halides is 2. The average molecular weight is 378 g/mol. The largest absolute Gasteiger partial charge is 0.346 e. The predicted molar refractivity (Wildman–Crippen MR) is 95.2 cm³/mol. The summed E-state index contributed by atoms with van der Waals surface area (Å²) in [5.74, 6) is -3.72. The Morgan fingerprint density at radius 1 is 1.17 bits per heavy atom. The molecule has 0 atom stereocenters. The lowest BCUT2D eigenvalue weighted by Gasteiger charge is -2.14. The molecular weight excluding hydrogens is 359 g/mol. The van der Waals surface area contributed by atoms with E-state index in [1.807, 2.05) is 31.2 Å². The zero-order valence-electron chi connectivity index (χ0n) is 13.0. The second-order valence-electron chi connectivity index (χ2n) is 5.07. The van der Waals surface area contributed by atoms with Crippen LogP contribution in [0.5, 0.6) is 0 Å². The second-order valence-corrected chi connectivity index (χ2v) is 5.07. The van der Waals surface area contributed by atoms with E-state index in [2.05, 4.69) is 10.3 Å². The molecule has 4 nitrogen and oxygen atoms in total. The van der Waals surface area contributed by atoms with Crippen molar-refractivity contribution in [3.8, 4) is 11.1 Å². The molecule has 0 spiro atoms. The number of nitrogens with zero attached hydrogens (tertiary/aromatic N) is 1. The second kappa shape index (κ2) is 9.52. The number of rotatable bonds is 5. The number of benzene rings is 1. The Labute approximate surface area is 151 Å². The van der Waals surface area contributed by atoms with Crippen LogP contribution in [0.1, 0.15) is 15.9 Å². The van der Waals surface area contributed by atoms with E-state index in [0.29, 0.717) is 0 Å². The lowest BCUT2D eigenvalue weighted by Crippen LogP contribution is -2.41. The summed E-state index contributed by atoms with van der Waals surface area (Å²) in [5, 5.41) is 2.17. The van der Waals surface area contributed by atoms with Crippen LogP contribution in [0.4, 0.5) is 8.78 Å². The number of hydrogen-bond acceptors (Lipinski definition) is 3. The smallest absolute Gasteiger partial charge is 0.277 e. The number of carbonyl (C=O) groups excluding carboxylic acids is 1. The minimum Gasteiger partial charge on any atom is -0.346 e. The monoisotopic (exact) mass is 377 g/mol. The molecule has 0 unspecified atom stereocenters. The fourth-order valence-corrected chi connectivity index (χ4v) is 1.85. The van der Waals surface area contributed by atoms with Gasteiger partial charge in [0.1, 0.15) is 0 Å². The van der Waals surface area contributed by atoms with E-state index >= 15 is 0 Å². The average Bonchev–Trinajstić information content (AvgIpc) is 2.53. The van der Waals surface area contributed by atoms with E-state index in [4.69, 9.17) is 5.73 Å². The van der Waals surface area contributed by atoms with Crippen molar-refractivity contribution < 1.29 is 13.6 Å².